The lowest BCUT2D eigenvalue weighted by molar-refractivity contribution is 0.0963. The van der Waals surface area contributed by atoms with Crippen LogP contribution in [0.5, 0.6) is 0 Å². The number of ether oxygens (including phenoxy) is 1. The number of aliphatic hydroxyl groups is 1. The Labute approximate surface area is 142 Å². The maximum atomic E-state index is 14.6. The fraction of sp³-hybridized carbons (Fsp3) is 0.375. The van der Waals surface area contributed by atoms with Crippen LogP contribution in [0.3, 0.4) is 0 Å². The molecule has 2 aromatic rings. The summed E-state index contributed by atoms with van der Waals surface area (Å²) in [5.41, 5.74) is 1.73. The Morgan fingerprint density at radius 3 is 2.68 bits per heavy atom. The number of fused-ring (bicyclic) bond motifs is 1. The maximum Gasteiger partial charge on any atom is 0.414 e. The van der Waals surface area contributed by atoms with Gasteiger partial charge in [0.15, 0.2) is 11.6 Å². The highest BCUT2D eigenvalue weighted by molar-refractivity contribution is 5.90. The summed E-state index contributed by atoms with van der Waals surface area (Å²) in [6.07, 6.45) is 0.311. The lowest BCUT2D eigenvalue weighted by Gasteiger charge is -2.21. The minimum atomic E-state index is -1.11. The van der Waals surface area contributed by atoms with E-state index in [0.29, 0.717) is 13.1 Å². The van der Waals surface area contributed by atoms with E-state index in [2.05, 4.69) is 5.10 Å². The van der Waals surface area contributed by atoms with Gasteiger partial charge in [-0.05, 0) is 12.1 Å². The monoisotopic (exact) mass is 350 g/mol. The zero-order valence-electron chi connectivity index (χ0n) is 13.4. The molecule has 1 aromatic heterocycles. The van der Waals surface area contributed by atoms with Crippen LogP contribution < -0.4 is 9.80 Å². The fourth-order valence-electron chi connectivity index (χ4n) is 3.26. The van der Waals surface area contributed by atoms with E-state index in [-0.39, 0.29) is 24.5 Å². The first-order chi connectivity index (χ1) is 12.0. The molecule has 1 atom stereocenters. The van der Waals surface area contributed by atoms with Crippen LogP contribution >= 0.6 is 0 Å². The highest BCUT2D eigenvalue weighted by atomic mass is 19.2. The lowest BCUT2D eigenvalue weighted by Crippen LogP contribution is -2.27. The normalized spacial score (nSPS) is 19.5. The summed E-state index contributed by atoms with van der Waals surface area (Å²) in [5, 5.41) is 13.4. The summed E-state index contributed by atoms with van der Waals surface area (Å²) in [4.78, 5) is 14.5. The molecule has 0 saturated carbocycles. The van der Waals surface area contributed by atoms with Gasteiger partial charge in [0.2, 0.25) is 0 Å². The molecule has 3 heterocycles. The van der Waals surface area contributed by atoms with Crippen molar-refractivity contribution in [1.82, 2.24) is 9.78 Å². The molecule has 2 aliphatic rings. The third-order valence-electron chi connectivity index (χ3n) is 4.44. The summed E-state index contributed by atoms with van der Waals surface area (Å²) in [6, 6.07) is 2.80. The van der Waals surface area contributed by atoms with Crippen LogP contribution in [0.1, 0.15) is 11.3 Å². The Hall–Kier alpha value is -2.68. The maximum absolute atomic E-state index is 14.6. The molecule has 4 rings (SSSR count). The Balaban J connectivity index is 1.61. The van der Waals surface area contributed by atoms with Crippen LogP contribution in [0, 0.1) is 11.6 Å². The molecule has 0 radical (unpaired) electrons. The molecule has 7 nitrogen and oxygen atoms in total. The van der Waals surface area contributed by atoms with Gasteiger partial charge in [0.05, 0.1) is 36.8 Å². The largest absolute Gasteiger partial charge is 0.441 e. The average molecular weight is 350 g/mol. The van der Waals surface area contributed by atoms with Crippen molar-refractivity contribution >= 4 is 17.5 Å². The molecule has 2 aliphatic heterocycles. The number of nitrogens with zero attached hydrogens (tertiary/aromatic N) is 4. The zero-order valence-corrected chi connectivity index (χ0v) is 13.4. The number of aliphatic hydroxyl groups excluding tert-OH is 1. The van der Waals surface area contributed by atoms with E-state index >= 15 is 0 Å². The summed E-state index contributed by atoms with van der Waals surface area (Å²) in [7, 11) is 1.81. The Morgan fingerprint density at radius 2 is 2.00 bits per heavy atom. The van der Waals surface area contributed by atoms with Crippen molar-refractivity contribution in [1.29, 1.82) is 0 Å². The van der Waals surface area contributed by atoms with E-state index in [9.17, 15) is 13.6 Å². The van der Waals surface area contributed by atoms with Crippen LogP contribution in [0.4, 0.5) is 25.0 Å². The third-order valence-corrected chi connectivity index (χ3v) is 4.44. The number of halogens is 2. The first-order valence-electron chi connectivity index (χ1n) is 7.81. The molecule has 0 aliphatic carbocycles. The predicted octanol–water partition coefficient (Wildman–Crippen LogP) is 1.54. The van der Waals surface area contributed by atoms with E-state index < -0.39 is 23.8 Å². The number of hydrogen-bond acceptors (Lipinski definition) is 5. The number of benzene rings is 1. The molecule has 1 unspecified atom stereocenters. The molecular weight excluding hydrogens is 334 g/mol. The number of carbonyl (C=O) groups is 1. The number of cyclic esters (lactones) is 1. The molecule has 0 spiro atoms. The highest BCUT2D eigenvalue weighted by Crippen LogP contribution is 2.35. The number of aromatic nitrogens is 2. The van der Waals surface area contributed by atoms with Crippen LogP contribution in [-0.2, 0) is 24.9 Å². The summed E-state index contributed by atoms with van der Waals surface area (Å²) < 4.78 is 35.7. The van der Waals surface area contributed by atoms with Crippen molar-refractivity contribution in [3.05, 3.63) is 41.2 Å². The quantitative estimate of drug-likeness (QED) is 0.909. The number of aryl methyl sites for hydroxylation is 1. The molecular formula is C16H16F2N4O3. The first kappa shape index (κ1) is 15.8. The molecule has 25 heavy (non-hydrogen) atoms. The second kappa shape index (κ2) is 5.69. The second-order valence-corrected chi connectivity index (χ2v) is 6.16. The number of carbonyl (C=O) groups excluding carboxylic acids is 1. The molecule has 1 saturated heterocycles. The standard InChI is InChI=1S/C16H16F2N4O3/c1-20-4-9-5-21(7-11(9)19-20)12-2-3-13(15(18)14(12)17)22-6-10(8-23)25-16(22)24/h2-4,10,23H,5-8H2,1H3. The van der Waals surface area contributed by atoms with Crippen LogP contribution in [0.25, 0.3) is 0 Å². The molecule has 1 fully saturated rings. The van der Waals surface area contributed by atoms with E-state index in [1.54, 1.807) is 9.58 Å². The number of rotatable bonds is 3. The topological polar surface area (TPSA) is 70.8 Å². The third kappa shape index (κ3) is 2.51. The Kier molecular flexibility index (Phi) is 3.60. The van der Waals surface area contributed by atoms with Crippen LogP contribution in [-0.4, -0.2) is 40.2 Å². The van der Waals surface area contributed by atoms with Gasteiger partial charge in [-0.2, -0.15) is 5.10 Å². The van der Waals surface area contributed by atoms with Gasteiger partial charge in [-0.25, -0.2) is 13.6 Å². The van der Waals surface area contributed by atoms with Gasteiger partial charge in [-0.15, -0.1) is 0 Å². The SMILES string of the molecule is Cn1cc2c(n1)CN(c1ccc(N3CC(CO)OC3=O)c(F)c1F)C2. The van der Waals surface area contributed by atoms with Gasteiger partial charge in [0.1, 0.15) is 6.10 Å². The predicted molar refractivity (Wildman–Crippen MR) is 84.2 cm³/mol. The van der Waals surface area contributed by atoms with Gasteiger partial charge in [-0.1, -0.05) is 0 Å². The van der Waals surface area contributed by atoms with Crippen LogP contribution in [0.15, 0.2) is 18.3 Å². The lowest BCUT2D eigenvalue weighted by atomic mass is 10.2. The van der Waals surface area contributed by atoms with E-state index in [1.807, 2.05) is 13.2 Å². The smallest absolute Gasteiger partial charge is 0.414 e. The molecule has 1 N–H and O–H groups in total. The molecule has 1 aromatic carbocycles. The molecule has 0 bridgehead atoms. The van der Waals surface area contributed by atoms with Crippen molar-refractivity contribution in [2.45, 2.75) is 19.2 Å². The highest BCUT2D eigenvalue weighted by Gasteiger charge is 2.35. The molecule has 9 heteroatoms. The van der Waals surface area contributed by atoms with Crippen LogP contribution in [0.2, 0.25) is 0 Å². The van der Waals surface area contributed by atoms with Crippen molar-refractivity contribution in [2.24, 2.45) is 7.05 Å². The number of anilines is 2. The second-order valence-electron chi connectivity index (χ2n) is 6.16. The van der Waals surface area contributed by atoms with Crippen molar-refractivity contribution in [3.8, 4) is 0 Å². The number of hydrogen-bond donors (Lipinski definition) is 1. The van der Waals surface area contributed by atoms with Gasteiger partial charge >= 0.3 is 6.09 Å². The van der Waals surface area contributed by atoms with E-state index in [0.717, 1.165) is 16.2 Å². The first-order valence-corrected chi connectivity index (χ1v) is 7.81. The summed E-state index contributed by atoms with van der Waals surface area (Å²) >= 11 is 0. The van der Waals surface area contributed by atoms with Crippen molar-refractivity contribution in [2.75, 3.05) is 23.0 Å². The Morgan fingerprint density at radius 1 is 1.28 bits per heavy atom. The minimum Gasteiger partial charge on any atom is -0.441 e. The fourth-order valence-corrected chi connectivity index (χ4v) is 3.26. The van der Waals surface area contributed by atoms with Crippen molar-refractivity contribution in [3.63, 3.8) is 0 Å². The van der Waals surface area contributed by atoms with Gasteiger partial charge < -0.3 is 14.7 Å². The molecule has 132 valence electrons. The zero-order chi connectivity index (χ0) is 17.7. The van der Waals surface area contributed by atoms with E-state index in [4.69, 9.17) is 9.84 Å². The minimum absolute atomic E-state index is 0.0230. The molecule has 1 amide bonds. The Bertz CT molecular complexity index is 831. The van der Waals surface area contributed by atoms with Gasteiger partial charge in [-0.3, -0.25) is 9.58 Å². The summed E-state index contributed by atoms with van der Waals surface area (Å²) in [5.74, 6) is -2.13. The van der Waals surface area contributed by atoms with Gasteiger partial charge in [0.25, 0.3) is 0 Å². The van der Waals surface area contributed by atoms with E-state index in [1.165, 1.54) is 12.1 Å². The number of amides is 1. The average Bonchev–Trinajstić information content (AvgIpc) is 3.22. The van der Waals surface area contributed by atoms with Gasteiger partial charge in [0, 0.05) is 25.4 Å². The van der Waals surface area contributed by atoms with Crippen molar-refractivity contribution < 1.29 is 23.4 Å². The summed E-state index contributed by atoms with van der Waals surface area (Å²) in [6.45, 7) is 0.441.